The van der Waals surface area contributed by atoms with Crippen molar-refractivity contribution >= 4 is 22.2 Å². The predicted molar refractivity (Wildman–Crippen MR) is 95.9 cm³/mol. The van der Waals surface area contributed by atoms with E-state index in [-0.39, 0.29) is 5.92 Å². The fourth-order valence-electron chi connectivity index (χ4n) is 3.20. The van der Waals surface area contributed by atoms with Crippen molar-refractivity contribution in [2.75, 3.05) is 19.3 Å². The van der Waals surface area contributed by atoms with Crippen molar-refractivity contribution in [3.05, 3.63) is 46.5 Å². The molecule has 3 rings (SSSR count). The van der Waals surface area contributed by atoms with Gasteiger partial charge in [-0.15, -0.1) is 0 Å². The third kappa shape index (κ3) is 3.93. The fourth-order valence-corrected chi connectivity index (χ4v) is 4.34. The van der Waals surface area contributed by atoms with Crippen LogP contribution in [0.2, 0.25) is 0 Å². The number of hydrogen-bond acceptors (Lipinski definition) is 4. The molecule has 1 fully saturated rings. The number of hydrogen-bond donors (Lipinski definition) is 1. The third-order valence-electron chi connectivity index (χ3n) is 4.47. The van der Waals surface area contributed by atoms with Crippen LogP contribution in [0.15, 0.2) is 30.3 Å². The van der Waals surface area contributed by atoms with Gasteiger partial charge in [0.15, 0.2) is 4.77 Å². The molecule has 0 radical (unpaired) electrons. The minimum Gasteiger partial charge on any atom is -0.304 e. The molecule has 1 aliphatic rings. The summed E-state index contributed by atoms with van der Waals surface area (Å²) in [5.74, 6) is 0.946. The summed E-state index contributed by atoms with van der Waals surface area (Å²) in [4.78, 5) is 0. The summed E-state index contributed by atoms with van der Waals surface area (Å²) in [5, 5.41) is 7.26. The number of nitrogens with one attached hydrogen (secondary N) is 1. The summed E-state index contributed by atoms with van der Waals surface area (Å²) in [7, 11) is -3.17. The van der Waals surface area contributed by atoms with Crippen LogP contribution in [0.1, 0.15) is 30.1 Å². The molecular weight excluding hydrogens is 344 g/mol. The zero-order chi connectivity index (χ0) is 17.2. The van der Waals surface area contributed by atoms with Crippen molar-refractivity contribution in [3.63, 3.8) is 0 Å². The van der Waals surface area contributed by atoms with Gasteiger partial charge < -0.3 is 4.57 Å². The highest BCUT2D eigenvalue weighted by Gasteiger charge is 2.29. The first kappa shape index (κ1) is 17.3. The first-order valence-electron chi connectivity index (χ1n) is 8.09. The van der Waals surface area contributed by atoms with Gasteiger partial charge >= 0.3 is 0 Å². The lowest BCUT2D eigenvalue weighted by molar-refractivity contribution is 0.306. The van der Waals surface area contributed by atoms with Gasteiger partial charge in [-0.05, 0) is 37.0 Å². The molecule has 8 heteroatoms. The van der Waals surface area contributed by atoms with E-state index in [0.29, 0.717) is 17.9 Å². The lowest BCUT2D eigenvalue weighted by atomic mass is 9.98. The summed E-state index contributed by atoms with van der Waals surface area (Å²) < 4.78 is 27.8. The van der Waals surface area contributed by atoms with Gasteiger partial charge in [0.2, 0.25) is 10.0 Å². The van der Waals surface area contributed by atoms with E-state index in [2.05, 4.69) is 22.3 Å². The number of aryl methyl sites for hydroxylation is 1. The Balaban J connectivity index is 1.78. The molecule has 0 saturated carbocycles. The number of rotatable bonds is 5. The molecule has 2 aromatic rings. The molecule has 1 N–H and O–H groups in total. The van der Waals surface area contributed by atoms with Crippen molar-refractivity contribution in [3.8, 4) is 0 Å². The molecule has 130 valence electrons. The Morgan fingerprint density at radius 2 is 2.08 bits per heavy atom. The Hall–Kier alpha value is -1.51. The van der Waals surface area contributed by atoms with E-state index in [1.165, 1.54) is 11.8 Å². The van der Waals surface area contributed by atoms with Crippen molar-refractivity contribution in [1.29, 1.82) is 0 Å². The second kappa shape index (κ2) is 7.16. The molecule has 0 spiro atoms. The Bertz CT molecular complexity index is 842. The van der Waals surface area contributed by atoms with Gasteiger partial charge in [-0.3, -0.25) is 5.10 Å². The summed E-state index contributed by atoms with van der Waals surface area (Å²) in [6.07, 6.45) is 3.90. The molecule has 1 saturated heterocycles. The third-order valence-corrected chi connectivity index (χ3v) is 6.05. The number of piperidine rings is 1. The molecule has 6 nitrogen and oxygen atoms in total. The van der Waals surface area contributed by atoms with E-state index in [1.807, 2.05) is 22.8 Å². The molecule has 2 heterocycles. The van der Waals surface area contributed by atoms with Gasteiger partial charge in [-0.2, -0.15) is 5.10 Å². The number of nitrogens with zero attached hydrogens (tertiary/aromatic N) is 3. The SMILES string of the molecule is CS(=O)(=O)N1CCC[C@@H](c2n[nH]c(=S)n2CCc2ccccc2)C1. The van der Waals surface area contributed by atoms with E-state index < -0.39 is 10.0 Å². The smallest absolute Gasteiger partial charge is 0.211 e. The summed E-state index contributed by atoms with van der Waals surface area (Å²) in [6.45, 7) is 1.80. The van der Waals surface area contributed by atoms with Crippen molar-refractivity contribution in [1.82, 2.24) is 19.1 Å². The number of benzene rings is 1. The molecule has 1 aliphatic heterocycles. The lowest BCUT2D eigenvalue weighted by Gasteiger charge is -2.30. The Morgan fingerprint density at radius 1 is 1.33 bits per heavy atom. The molecule has 0 amide bonds. The van der Waals surface area contributed by atoms with Gasteiger partial charge in [-0.1, -0.05) is 30.3 Å². The van der Waals surface area contributed by atoms with Gasteiger partial charge in [0.05, 0.1) is 6.26 Å². The molecule has 1 atom stereocenters. The van der Waals surface area contributed by atoms with Crippen LogP contribution in [0.3, 0.4) is 0 Å². The fraction of sp³-hybridized carbons (Fsp3) is 0.500. The Kier molecular flexibility index (Phi) is 5.17. The normalized spacial score (nSPS) is 19.5. The number of aromatic amines is 1. The van der Waals surface area contributed by atoms with Crippen LogP contribution < -0.4 is 0 Å². The number of aromatic nitrogens is 3. The molecule has 1 aromatic heterocycles. The minimum absolute atomic E-state index is 0.0807. The maximum Gasteiger partial charge on any atom is 0.211 e. The van der Waals surface area contributed by atoms with Crippen LogP contribution in [0.25, 0.3) is 0 Å². The standard InChI is InChI=1S/C16H22N4O2S2/c1-24(21,22)19-10-5-8-14(12-19)15-17-18-16(23)20(15)11-9-13-6-3-2-4-7-13/h2-4,6-7,14H,5,8-12H2,1H3,(H,18,23)/t14-/m1/s1. The topological polar surface area (TPSA) is 71.0 Å². The van der Waals surface area contributed by atoms with Crippen LogP contribution in [-0.4, -0.2) is 46.8 Å². The number of H-pyrrole nitrogens is 1. The molecule has 0 bridgehead atoms. The Labute approximate surface area is 147 Å². The number of sulfonamides is 1. The van der Waals surface area contributed by atoms with E-state index in [9.17, 15) is 8.42 Å². The first-order chi connectivity index (χ1) is 11.4. The first-order valence-corrected chi connectivity index (χ1v) is 10.3. The summed E-state index contributed by atoms with van der Waals surface area (Å²) >= 11 is 5.37. The van der Waals surface area contributed by atoms with Crippen molar-refractivity contribution in [2.24, 2.45) is 0 Å². The lowest BCUT2D eigenvalue weighted by Crippen LogP contribution is -2.39. The van der Waals surface area contributed by atoms with Gasteiger partial charge in [0, 0.05) is 25.6 Å². The predicted octanol–water partition coefficient (Wildman–Crippen LogP) is 2.32. The van der Waals surface area contributed by atoms with E-state index in [0.717, 1.165) is 31.6 Å². The van der Waals surface area contributed by atoms with Gasteiger partial charge in [0.1, 0.15) is 5.82 Å². The summed E-state index contributed by atoms with van der Waals surface area (Å²) in [5.41, 5.74) is 1.24. The Morgan fingerprint density at radius 3 is 2.79 bits per heavy atom. The maximum absolute atomic E-state index is 11.8. The highest BCUT2D eigenvalue weighted by Crippen LogP contribution is 2.27. The maximum atomic E-state index is 11.8. The molecule has 0 unspecified atom stereocenters. The summed E-state index contributed by atoms with van der Waals surface area (Å²) in [6, 6.07) is 10.2. The molecule has 24 heavy (non-hydrogen) atoms. The minimum atomic E-state index is -3.17. The zero-order valence-corrected chi connectivity index (χ0v) is 15.3. The zero-order valence-electron chi connectivity index (χ0n) is 13.7. The van der Waals surface area contributed by atoms with Crippen LogP contribution in [0, 0.1) is 4.77 Å². The van der Waals surface area contributed by atoms with Crippen LogP contribution in [-0.2, 0) is 23.0 Å². The van der Waals surface area contributed by atoms with Gasteiger partial charge in [-0.25, -0.2) is 12.7 Å². The quantitative estimate of drug-likeness (QED) is 0.825. The second-order valence-electron chi connectivity index (χ2n) is 6.23. The van der Waals surface area contributed by atoms with E-state index >= 15 is 0 Å². The highest BCUT2D eigenvalue weighted by atomic mass is 32.2. The van der Waals surface area contributed by atoms with Crippen LogP contribution in [0.4, 0.5) is 0 Å². The highest BCUT2D eigenvalue weighted by molar-refractivity contribution is 7.88. The molecular formula is C16H22N4O2S2. The monoisotopic (exact) mass is 366 g/mol. The molecule has 0 aliphatic carbocycles. The van der Waals surface area contributed by atoms with Crippen molar-refractivity contribution < 1.29 is 8.42 Å². The van der Waals surface area contributed by atoms with E-state index in [4.69, 9.17) is 12.2 Å². The average Bonchev–Trinajstić information content (AvgIpc) is 2.94. The molecule has 1 aromatic carbocycles. The van der Waals surface area contributed by atoms with Gasteiger partial charge in [0.25, 0.3) is 0 Å². The van der Waals surface area contributed by atoms with Crippen molar-refractivity contribution in [2.45, 2.75) is 31.7 Å². The van der Waals surface area contributed by atoms with Crippen LogP contribution in [0.5, 0.6) is 0 Å². The van der Waals surface area contributed by atoms with E-state index in [1.54, 1.807) is 4.31 Å². The average molecular weight is 367 g/mol. The second-order valence-corrected chi connectivity index (χ2v) is 8.60. The largest absolute Gasteiger partial charge is 0.304 e. The van der Waals surface area contributed by atoms with Crippen LogP contribution >= 0.6 is 12.2 Å².